The average Bonchev–Trinajstić information content (AvgIpc) is 3.32. The molecule has 0 bridgehead atoms. The number of likely N-dealkylation sites (tertiary alicyclic amines) is 1. The molecule has 3 heterocycles. The van der Waals surface area contributed by atoms with E-state index in [4.69, 9.17) is 9.15 Å². The van der Waals surface area contributed by atoms with E-state index in [1.807, 2.05) is 46.8 Å². The Morgan fingerprint density at radius 1 is 1.19 bits per heavy atom. The number of amides is 1. The molecule has 0 atom stereocenters. The first-order valence-electron chi connectivity index (χ1n) is 9.14. The van der Waals surface area contributed by atoms with Crippen LogP contribution in [0.15, 0.2) is 53.2 Å². The van der Waals surface area contributed by atoms with Crippen LogP contribution >= 0.6 is 0 Å². The number of nitrogens with zero attached hydrogens (tertiary/aromatic N) is 4. The number of piperidine rings is 1. The van der Waals surface area contributed by atoms with Gasteiger partial charge in [0, 0.05) is 32.6 Å². The van der Waals surface area contributed by atoms with Gasteiger partial charge in [-0.15, -0.1) is 10.2 Å². The second kappa shape index (κ2) is 7.65. The molecular weight excluding hydrogens is 344 g/mol. The molecule has 4 rings (SSSR count). The monoisotopic (exact) mass is 366 g/mol. The van der Waals surface area contributed by atoms with Crippen LogP contribution in [0.5, 0.6) is 11.7 Å². The zero-order valence-electron chi connectivity index (χ0n) is 15.2. The highest BCUT2D eigenvalue weighted by Crippen LogP contribution is 2.26. The number of para-hydroxylation sites is 1. The lowest BCUT2D eigenvalue weighted by atomic mass is 9.93. The lowest BCUT2D eigenvalue weighted by Crippen LogP contribution is -2.38. The van der Waals surface area contributed by atoms with Crippen LogP contribution in [0.25, 0.3) is 0 Å². The van der Waals surface area contributed by atoms with Crippen molar-refractivity contribution in [1.82, 2.24) is 19.7 Å². The van der Waals surface area contributed by atoms with Crippen LogP contribution in [0, 0.1) is 5.92 Å². The molecule has 0 saturated carbocycles. The first kappa shape index (κ1) is 17.3. The van der Waals surface area contributed by atoms with E-state index in [9.17, 15) is 4.79 Å². The maximum absolute atomic E-state index is 12.7. The van der Waals surface area contributed by atoms with Gasteiger partial charge < -0.3 is 18.6 Å². The number of furan rings is 1. The van der Waals surface area contributed by atoms with Gasteiger partial charge in [-0.3, -0.25) is 4.79 Å². The number of carbonyl (C=O) groups excluding carboxylic acids is 1. The van der Waals surface area contributed by atoms with Crippen molar-refractivity contribution < 1.29 is 13.9 Å². The third-order valence-electron chi connectivity index (χ3n) is 4.93. The number of carbonyl (C=O) groups is 1. The first-order chi connectivity index (χ1) is 13.2. The number of benzene rings is 1. The summed E-state index contributed by atoms with van der Waals surface area (Å²) in [4.78, 5) is 14.5. The normalized spacial score (nSPS) is 15.1. The molecule has 7 nitrogen and oxygen atoms in total. The van der Waals surface area contributed by atoms with Crippen molar-refractivity contribution >= 4 is 5.91 Å². The fraction of sp³-hybridized carbons (Fsp3) is 0.350. The molecule has 3 aromatic rings. The lowest BCUT2D eigenvalue weighted by Gasteiger charge is -2.31. The molecule has 0 radical (unpaired) electrons. The molecule has 1 fully saturated rings. The van der Waals surface area contributed by atoms with Crippen molar-refractivity contribution in [2.45, 2.75) is 19.3 Å². The minimum Gasteiger partial charge on any atom is -0.426 e. The van der Waals surface area contributed by atoms with Crippen LogP contribution in [-0.4, -0.2) is 38.7 Å². The van der Waals surface area contributed by atoms with Gasteiger partial charge in [-0.1, -0.05) is 18.2 Å². The lowest BCUT2D eigenvalue weighted by molar-refractivity contribution is 0.0652. The zero-order valence-corrected chi connectivity index (χ0v) is 15.2. The summed E-state index contributed by atoms with van der Waals surface area (Å²) in [7, 11) is 1.96. The van der Waals surface area contributed by atoms with Gasteiger partial charge in [0.2, 0.25) is 0 Å². The Morgan fingerprint density at radius 2 is 1.96 bits per heavy atom. The van der Waals surface area contributed by atoms with E-state index in [1.165, 1.54) is 0 Å². The molecule has 0 unspecified atom stereocenters. The van der Waals surface area contributed by atoms with Gasteiger partial charge in [-0.2, -0.15) is 0 Å². The smallest absolute Gasteiger partial charge is 0.290 e. The molecule has 1 aliphatic rings. The van der Waals surface area contributed by atoms with Crippen molar-refractivity contribution in [2.24, 2.45) is 13.0 Å². The van der Waals surface area contributed by atoms with Crippen molar-refractivity contribution in [3.63, 3.8) is 0 Å². The second-order valence-corrected chi connectivity index (χ2v) is 6.83. The summed E-state index contributed by atoms with van der Waals surface area (Å²) in [6.07, 6.45) is 4.52. The van der Waals surface area contributed by atoms with Gasteiger partial charge in [-0.05, 0) is 37.0 Å². The van der Waals surface area contributed by atoms with Crippen LogP contribution in [0.3, 0.4) is 0 Å². The third kappa shape index (κ3) is 4.02. The maximum Gasteiger partial charge on any atom is 0.290 e. The molecule has 1 saturated heterocycles. The van der Waals surface area contributed by atoms with E-state index in [0.717, 1.165) is 38.2 Å². The van der Waals surface area contributed by atoms with Crippen LogP contribution in [0.4, 0.5) is 0 Å². The van der Waals surface area contributed by atoms with E-state index in [0.29, 0.717) is 23.4 Å². The highest BCUT2D eigenvalue weighted by Gasteiger charge is 2.26. The first-order valence-corrected chi connectivity index (χ1v) is 9.14. The minimum atomic E-state index is -0.0879. The number of rotatable bonds is 5. The average molecular weight is 366 g/mol. The van der Waals surface area contributed by atoms with Gasteiger partial charge in [0.25, 0.3) is 11.9 Å². The molecule has 1 aliphatic heterocycles. The second-order valence-electron chi connectivity index (χ2n) is 6.83. The predicted octanol–water partition coefficient (Wildman–Crippen LogP) is 3.30. The van der Waals surface area contributed by atoms with E-state index < -0.39 is 0 Å². The molecule has 2 aromatic heterocycles. The molecular formula is C20H22N4O3. The Morgan fingerprint density at radius 3 is 2.67 bits per heavy atom. The standard InChI is InChI=1S/C20H22N4O3/c1-23-14-21-22-18(23)13-15-9-11-24(12-10-15)20(25)17-7-8-19(27-17)26-16-5-3-2-4-6-16/h2-8,14-15H,9-13H2,1H3. The molecule has 0 N–H and O–H groups in total. The van der Waals surface area contributed by atoms with Crippen LogP contribution in [-0.2, 0) is 13.5 Å². The quantitative estimate of drug-likeness (QED) is 0.693. The van der Waals surface area contributed by atoms with Gasteiger partial charge in [-0.25, -0.2) is 0 Å². The SMILES string of the molecule is Cn1cnnc1CC1CCN(C(=O)c2ccc(Oc3ccccc3)o2)CC1. The Labute approximate surface area is 157 Å². The predicted molar refractivity (Wildman–Crippen MR) is 98.6 cm³/mol. The Hall–Kier alpha value is -3.09. The fourth-order valence-electron chi connectivity index (χ4n) is 3.34. The molecule has 7 heteroatoms. The number of aryl methyl sites for hydroxylation is 1. The maximum atomic E-state index is 12.7. The van der Waals surface area contributed by atoms with Crippen molar-refractivity contribution in [3.8, 4) is 11.7 Å². The van der Waals surface area contributed by atoms with Gasteiger partial charge >= 0.3 is 0 Å². The van der Waals surface area contributed by atoms with E-state index in [-0.39, 0.29) is 5.91 Å². The largest absolute Gasteiger partial charge is 0.426 e. The van der Waals surface area contributed by atoms with Crippen LogP contribution in [0.2, 0.25) is 0 Å². The summed E-state index contributed by atoms with van der Waals surface area (Å²) in [6, 6.07) is 12.7. The molecule has 140 valence electrons. The molecule has 27 heavy (non-hydrogen) atoms. The Bertz CT molecular complexity index is 895. The highest BCUT2D eigenvalue weighted by molar-refractivity contribution is 5.91. The Kier molecular flexibility index (Phi) is 4.91. The minimum absolute atomic E-state index is 0.0879. The summed E-state index contributed by atoms with van der Waals surface area (Å²) in [5.41, 5.74) is 0. The van der Waals surface area contributed by atoms with Crippen molar-refractivity contribution in [2.75, 3.05) is 13.1 Å². The summed E-state index contributed by atoms with van der Waals surface area (Å²) in [6.45, 7) is 1.44. The molecule has 0 aliphatic carbocycles. The summed E-state index contributed by atoms with van der Waals surface area (Å²) in [5, 5.41) is 8.08. The van der Waals surface area contributed by atoms with E-state index >= 15 is 0 Å². The number of hydrogen-bond donors (Lipinski definition) is 0. The van der Waals surface area contributed by atoms with Gasteiger partial charge in [0.1, 0.15) is 17.9 Å². The van der Waals surface area contributed by atoms with E-state index in [2.05, 4.69) is 10.2 Å². The van der Waals surface area contributed by atoms with E-state index in [1.54, 1.807) is 18.5 Å². The fourth-order valence-corrected chi connectivity index (χ4v) is 3.34. The van der Waals surface area contributed by atoms with Crippen LogP contribution < -0.4 is 4.74 Å². The number of hydrogen-bond acceptors (Lipinski definition) is 5. The summed E-state index contributed by atoms with van der Waals surface area (Å²) >= 11 is 0. The summed E-state index contributed by atoms with van der Waals surface area (Å²) in [5.74, 6) is 2.74. The third-order valence-corrected chi connectivity index (χ3v) is 4.93. The van der Waals surface area contributed by atoms with Crippen LogP contribution in [0.1, 0.15) is 29.2 Å². The number of aromatic nitrogens is 3. The molecule has 0 spiro atoms. The van der Waals surface area contributed by atoms with Gasteiger partial charge in [0.15, 0.2) is 5.76 Å². The number of ether oxygens (including phenoxy) is 1. The highest BCUT2D eigenvalue weighted by atomic mass is 16.6. The molecule has 1 amide bonds. The summed E-state index contributed by atoms with van der Waals surface area (Å²) < 4.78 is 13.2. The zero-order chi connectivity index (χ0) is 18.6. The topological polar surface area (TPSA) is 73.4 Å². The van der Waals surface area contributed by atoms with Crippen molar-refractivity contribution in [1.29, 1.82) is 0 Å². The van der Waals surface area contributed by atoms with Gasteiger partial charge in [0.05, 0.1) is 0 Å². The Balaban J connectivity index is 1.32. The van der Waals surface area contributed by atoms with Crippen molar-refractivity contribution in [3.05, 3.63) is 60.4 Å². The molecule has 1 aromatic carbocycles.